The number of morpholine rings is 1. The van der Waals surface area contributed by atoms with Gasteiger partial charge in [0.15, 0.2) is 6.61 Å². The summed E-state index contributed by atoms with van der Waals surface area (Å²) in [4.78, 5) is 33.1. The SMILES string of the molecule is O=C(O)CCn1c(-c2cc3cccnc3[nH]2)cc2cc(OCC(=O)N3CCOCC3)ccc21. The van der Waals surface area contributed by atoms with Gasteiger partial charge in [-0.2, -0.15) is 0 Å². The zero-order valence-electron chi connectivity index (χ0n) is 18.0. The highest BCUT2D eigenvalue weighted by molar-refractivity contribution is 5.90. The monoisotopic (exact) mass is 448 g/mol. The number of hydrogen-bond donors (Lipinski definition) is 2. The molecule has 1 aromatic carbocycles. The minimum Gasteiger partial charge on any atom is -0.484 e. The minimum atomic E-state index is -0.859. The largest absolute Gasteiger partial charge is 0.484 e. The van der Waals surface area contributed by atoms with Crippen molar-refractivity contribution in [3.63, 3.8) is 0 Å². The smallest absolute Gasteiger partial charge is 0.305 e. The van der Waals surface area contributed by atoms with E-state index in [1.807, 2.05) is 47.0 Å². The maximum Gasteiger partial charge on any atom is 0.305 e. The number of nitrogens with zero attached hydrogens (tertiary/aromatic N) is 3. The van der Waals surface area contributed by atoms with E-state index in [2.05, 4.69) is 9.97 Å². The van der Waals surface area contributed by atoms with Crippen molar-refractivity contribution in [2.75, 3.05) is 32.9 Å². The van der Waals surface area contributed by atoms with Gasteiger partial charge in [0.1, 0.15) is 11.4 Å². The molecular formula is C24H24N4O5. The quantitative estimate of drug-likeness (QED) is 0.450. The van der Waals surface area contributed by atoms with Crippen molar-refractivity contribution < 1.29 is 24.2 Å². The lowest BCUT2D eigenvalue weighted by Crippen LogP contribution is -2.42. The van der Waals surface area contributed by atoms with E-state index in [0.717, 1.165) is 33.3 Å². The molecule has 5 rings (SSSR count). The predicted molar refractivity (Wildman–Crippen MR) is 122 cm³/mol. The fraction of sp³-hybridized carbons (Fsp3) is 0.292. The Morgan fingerprint density at radius 3 is 2.76 bits per heavy atom. The summed E-state index contributed by atoms with van der Waals surface area (Å²) < 4.78 is 13.0. The standard InChI is InChI=1S/C24H24N4O5/c29-22(27-8-10-32-11-9-27)15-33-18-3-4-20-17(12-18)14-21(28(20)7-5-23(30)31)19-13-16-2-1-6-25-24(16)26-19/h1-4,6,12-14H,5,7-11,15H2,(H,25,26)(H,30,31). The molecule has 0 unspecified atom stereocenters. The number of nitrogens with one attached hydrogen (secondary N) is 1. The first kappa shape index (κ1) is 21.0. The van der Waals surface area contributed by atoms with E-state index in [-0.39, 0.29) is 18.9 Å². The molecule has 0 saturated carbocycles. The molecule has 0 radical (unpaired) electrons. The number of fused-ring (bicyclic) bond motifs is 2. The Morgan fingerprint density at radius 2 is 1.97 bits per heavy atom. The summed E-state index contributed by atoms with van der Waals surface area (Å²) >= 11 is 0. The number of hydrogen-bond acceptors (Lipinski definition) is 5. The molecule has 4 aromatic rings. The van der Waals surface area contributed by atoms with Crippen molar-refractivity contribution in [2.45, 2.75) is 13.0 Å². The second-order valence-electron chi connectivity index (χ2n) is 7.95. The lowest BCUT2D eigenvalue weighted by molar-refractivity contribution is -0.138. The van der Waals surface area contributed by atoms with Crippen molar-refractivity contribution in [2.24, 2.45) is 0 Å². The second kappa shape index (κ2) is 8.95. The Bertz CT molecular complexity index is 1290. The van der Waals surface area contributed by atoms with Crippen LogP contribution in [0.15, 0.2) is 48.7 Å². The number of aromatic nitrogens is 3. The number of H-pyrrole nitrogens is 1. The van der Waals surface area contributed by atoms with Crippen molar-refractivity contribution in [1.82, 2.24) is 19.4 Å². The fourth-order valence-corrected chi connectivity index (χ4v) is 4.16. The number of carboxylic acids is 1. The van der Waals surface area contributed by atoms with E-state index in [0.29, 0.717) is 38.6 Å². The van der Waals surface area contributed by atoms with E-state index in [1.54, 1.807) is 11.1 Å². The first-order chi connectivity index (χ1) is 16.1. The van der Waals surface area contributed by atoms with Gasteiger partial charge in [0, 0.05) is 42.1 Å². The molecule has 3 aromatic heterocycles. The summed E-state index contributed by atoms with van der Waals surface area (Å²) in [6, 6.07) is 13.4. The summed E-state index contributed by atoms with van der Waals surface area (Å²) in [6.07, 6.45) is 1.73. The summed E-state index contributed by atoms with van der Waals surface area (Å²) in [5.74, 6) is -0.337. The number of aliphatic carboxylic acids is 1. The van der Waals surface area contributed by atoms with Crippen LogP contribution in [0.4, 0.5) is 0 Å². The Morgan fingerprint density at radius 1 is 1.12 bits per heavy atom. The molecular weight excluding hydrogens is 424 g/mol. The topological polar surface area (TPSA) is 110 Å². The third-order valence-electron chi connectivity index (χ3n) is 5.82. The van der Waals surface area contributed by atoms with Crippen molar-refractivity contribution in [3.05, 3.63) is 48.7 Å². The summed E-state index contributed by atoms with van der Waals surface area (Å²) in [5, 5.41) is 11.1. The average Bonchev–Trinajstić information content (AvgIpc) is 3.42. The van der Waals surface area contributed by atoms with Gasteiger partial charge in [0.2, 0.25) is 0 Å². The summed E-state index contributed by atoms with van der Waals surface area (Å²) in [6.45, 7) is 2.55. The molecule has 1 saturated heterocycles. The Kier molecular flexibility index (Phi) is 5.70. The van der Waals surface area contributed by atoms with E-state index in [4.69, 9.17) is 9.47 Å². The van der Waals surface area contributed by atoms with Crippen LogP contribution in [-0.2, 0) is 20.9 Å². The van der Waals surface area contributed by atoms with Crippen molar-refractivity contribution in [1.29, 1.82) is 0 Å². The van der Waals surface area contributed by atoms with Crippen molar-refractivity contribution in [3.8, 4) is 17.1 Å². The Labute approximate surface area is 189 Å². The predicted octanol–water partition coefficient (Wildman–Crippen LogP) is 2.90. The molecule has 0 atom stereocenters. The molecule has 1 aliphatic rings. The normalized spacial score (nSPS) is 14.1. The number of rotatable bonds is 7. The molecule has 2 N–H and O–H groups in total. The maximum atomic E-state index is 12.4. The van der Waals surface area contributed by atoms with Crippen LogP contribution in [-0.4, -0.2) is 69.3 Å². The van der Waals surface area contributed by atoms with Gasteiger partial charge in [-0.05, 0) is 42.5 Å². The first-order valence-electron chi connectivity index (χ1n) is 10.9. The van der Waals surface area contributed by atoms with Crippen LogP contribution in [0, 0.1) is 0 Å². The van der Waals surface area contributed by atoms with Gasteiger partial charge in [-0.3, -0.25) is 9.59 Å². The number of carbonyl (C=O) groups is 2. The van der Waals surface area contributed by atoms with Crippen LogP contribution in [0.25, 0.3) is 33.3 Å². The van der Waals surface area contributed by atoms with Gasteiger partial charge in [-0.1, -0.05) is 0 Å². The van der Waals surface area contributed by atoms with Gasteiger partial charge in [0.05, 0.1) is 31.0 Å². The molecule has 1 fully saturated rings. The molecule has 1 amide bonds. The number of carbonyl (C=O) groups excluding carboxylic acids is 1. The number of ether oxygens (including phenoxy) is 2. The zero-order chi connectivity index (χ0) is 22.8. The van der Waals surface area contributed by atoms with Gasteiger partial charge in [0.25, 0.3) is 5.91 Å². The van der Waals surface area contributed by atoms with E-state index < -0.39 is 5.97 Å². The van der Waals surface area contributed by atoms with E-state index >= 15 is 0 Å². The first-order valence-corrected chi connectivity index (χ1v) is 10.9. The van der Waals surface area contributed by atoms with Crippen LogP contribution < -0.4 is 4.74 Å². The number of pyridine rings is 1. The van der Waals surface area contributed by atoms with Gasteiger partial charge in [-0.25, -0.2) is 4.98 Å². The number of benzene rings is 1. The number of carboxylic acid groups (broad SMARTS) is 1. The molecule has 0 aliphatic carbocycles. The maximum absolute atomic E-state index is 12.4. The highest BCUT2D eigenvalue weighted by Crippen LogP contribution is 2.32. The van der Waals surface area contributed by atoms with E-state index in [1.165, 1.54) is 0 Å². The van der Waals surface area contributed by atoms with Crippen LogP contribution in [0.5, 0.6) is 5.75 Å². The highest BCUT2D eigenvalue weighted by Gasteiger charge is 2.18. The summed E-state index contributed by atoms with van der Waals surface area (Å²) in [7, 11) is 0. The molecule has 4 heterocycles. The average molecular weight is 448 g/mol. The van der Waals surface area contributed by atoms with Crippen molar-refractivity contribution >= 4 is 33.8 Å². The molecule has 9 nitrogen and oxygen atoms in total. The van der Waals surface area contributed by atoms with Gasteiger partial charge >= 0.3 is 5.97 Å². The second-order valence-corrected chi connectivity index (χ2v) is 7.95. The lowest BCUT2D eigenvalue weighted by atomic mass is 10.2. The van der Waals surface area contributed by atoms with Crippen LogP contribution >= 0.6 is 0 Å². The molecule has 33 heavy (non-hydrogen) atoms. The minimum absolute atomic E-state index is 0.00155. The molecule has 0 spiro atoms. The molecule has 0 bridgehead atoms. The van der Waals surface area contributed by atoms with E-state index in [9.17, 15) is 14.7 Å². The Balaban J connectivity index is 1.44. The summed E-state index contributed by atoms with van der Waals surface area (Å²) in [5.41, 5.74) is 3.39. The molecule has 170 valence electrons. The third-order valence-corrected chi connectivity index (χ3v) is 5.82. The third kappa shape index (κ3) is 4.40. The molecule has 9 heteroatoms. The van der Waals surface area contributed by atoms with Crippen LogP contribution in [0.3, 0.4) is 0 Å². The van der Waals surface area contributed by atoms with Crippen LogP contribution in [0.2, 0.25) is 0 Å². The molecule has 1 aliphatic heterocycles. The zero-order valence-corrected chi connectivity index (χ0v) is 18.0. The Hall–Kier alpha value is -3.85. The lowest BCUT2D eigenvalue weighted by Gasteiger charge is -2.26. The van der Waals surface area contributed by atoms with Crippen LogP contribution in [0.1, 0.15) is 6.42 Å². The number of aryl methyl sites for hydroxylation is 1. The van der Waals surface area contributed by atoms with Gasteiger partial charge < -0.3 is 29.0 Å². The fourth-order valence-electron chi connectivity index (χ4n) is 4.16. The van der Waals surface area contributed by atoms with Gasteiger partial charge in [-0.15, -0.1) is 0 Å². The number of aromatic amines is 1. The number of amides is 1. The highest BCUT2D eigenvalue weighted by atomic mass is 16.5.